The molecule has 4 heteroatoms. The van der Waals surface area contributed by atoms with E-state index >= 15 is 0 Å². The lowest BCUT2D eigenvalue weighted by Crippen LogP contribution is -2.35. The van der Waals surface area contributed by atoms with Crippen LogP contribution in [0.1, 0.15) is 48.7 Å². The maximum Gasteiger partial charge on any atom is 0.258 e. The van der Waals surface area contributed by atoms with Crippen LogP contribution in [0.3, 0.4) is 0 Å². The molecular weight excluding hydrogens is 324 g/mol. The van der Waals surface area contributed by atoms with E-state index in [1.807, 2.05) is 61.2 Å². The van der Waals surface area contributed by atoms with Crippen molar-refractivity contribution in [1.29, 1.82) is 0 Å². The quantitative estimate of drug-likeness (QED) is 0.888. The molecule has 1 aliphatic heterocycles. The summed E-state index contributed by atoms with van der Waals surface area (Å²) in [6.07, 6.45) is 1.38. The van der Waals surface area contributed by atoms with E-state index in [1.54, 1.807) is 0 Å². The van der Waals surface area contributed by atoms with Gasteiger partial charge in [-0.05, 0) is 48.6 Å². The van der Waals surface area contributed by atoms with Crippen LogP contribution in [0.25, 0.3) is 0 Å². The number of carbonyl (C=O) groups is 2. The lowest BCUT2D eigenvalue weighted by atomic mass is 10.1. The molecule has 1 atom stereocenters. The van der Waals surface area contributed by atoms with Crippen molar-refractivity contribution in [2.45, 2.75) is 46.2 Å². The first-order valence-corrected chi connectivity index (χ1v) is 9.23. The number of hydrogen-bond acceptors (Lipinski definition) is 2. The molecule has 0 bridgehead atoms. The second-order valence-corrected chi connectivity index (χ2v) is 7.43. The largest absolute Gasteiger partial charge is 0.352 e. The fourth-order valence-corrected chi connectivity index (χ4v) is 3.44. The zero-order valence-electron chi connectivity index (χ0n) is 15.7. The molecule has 1 heterocycles. The summed E-state index contributed by atoms with van der Waals surface area (Å²) in [5.41, 5.74) is 3.85. The van der Waals surface area contributed by atoms with Gasteiger partial charge < -0.3 is 10.2 Å². The summed E-state index contributed by atoms with van der Waals surface area (Å²) >= 11 is 0. The number of rotatable bonds is 5. The molecule has 0 radical (unpaired) electrons. The van der Waals surface area contributed by atoms with Gasteiger partial charge in [-0.2, -0.15) is 0 Å². The van der Waals surface area contributed by atoms with Crippen LogP contribution in [0.2, 0.25) is 0 Å². The molecule has 0 aliphatic carbocycles. The molecule has 0 fully saturated rings. The highest BCUT2D eigenvalue weighted by atomic mass is 16.2. The summed E-state index contributed by atoms with van der Waals surface area (Å²) in [5.74, 6) is 0.429. The molecule has 0 saturated heterocycles. The number of carbonyl (C=O) groups excluding carboxylic acids is 2. The fraction of sp³-hybridized carbons (Fsp3) is 0.364. The lowest BCUT2D eigenvalue weighted by molar-refractivity contribution is -0.121. The van der Waals surface area contributed by atoms with Crippen LogP contribution >= 0.6 is 0 Å². The summed E-state index contributed by atoms with van der Waals surface area (Å²) in [6.45, 7) is 6.62. The Morgan fingerprint density at radius 1 is 1.15 bits per heavy atom. The highest BCUT2D eigenvalue weighted by Crippen LogP contribution is 2.34. The van der Waals surface area contributed by atoms with Crippen LogP contribution in [-0.4, -0.2) is 17.9 Å². The summed E-state index contributed by atoms with van der Waals surface area (Å²) in [4.78, 5) is 26.7. The molecule has 0 unspecified atom stereocenters. The molecule has 2 aromatic carbocycles. The van der Waals surface area contributed by atoms with Gasteiger partial charge in [0.1, 0.15) is 0 Å². The van der Waals surface area contributed by atoms with Gasteiger partial charge in [0.05, 0.1) is 0 Å². The van der Waals surface area contributed by atoms with Crippen molar-refractivity contribution in [3.05, 3.63) is 65.2 Å². The molecule has 3 rings (SSSR count). The standard InChI is InChI=1S/C22H26N2O2/c1-15(2)11-21(25)23-14-17-9-10-19-12-16(3)24(20(19)13-17)22(26)18-7-5-4-6-8-18/h4-10,13,15-16H,11-12,14H2,1-3H3,(H,23,25)/t16-/m1/s1. The van der Waals surface area contributed by atoms with Gasteiger partial charge in [-0.25, -0.2) is 0 Å². The highest BCUT2D eigenvalue weighted by molar-refractivity contribution is 6.07. The van der Waals surface area contributed by atoms with Crippen LogP contribution in [0.15, 0.2) is 48.5 Å². The van der Waals surface area contributed by atoms with Gasteiger partial charge in [0.25, 0.3) is 5.91 Å². The minimum atomic E-state index is 0.0258. The average Bonchev–Trinajstić information content (AvgIpc) is 2.94. The molecule has 0 saturated carbocycles. The highest BCUT2D eigenvalue weighted by Gasteiger charge is 2.31. The van der Waals surface area contributed by atoms with Gasteiger partial charge in [-0.3, -0.25) is 9.59 Å². The third kappa shape index (κ3) is 3.96. The van der Waals surface area contributed by atoms with Gasteiger partial charge in [0.2, 0.25) is 5.91 Å². The third-order valence-electron chi connectivity index (χ3n) is 4.69. The summed E-state index contributed by atoms with van der Waals surface area (Å²) in [6, 6.07) is 15.7. The van der Waals surface area contributed by atoms with Crippen LogP contribution in [0.4, 0.5) is 5.69 Å². The molecule has 0 aromatic heterocycles. The van der Waals surface area contributed by atoms with Crippen LogP contribution < -0.4 is 10.2 Å². The van der Waals surface area contributed by atoms with Crippen LogP contribution in [0, 0.1) is 5.92 Å². The molecule has 2 aromatic rings. The predicted molar refractivity (Wildman–Crippen MR) is 104 cm³/mol. The third-order valence-corrected chi connectivity index (χ3v) is 4.69. The second-order valence-electron chi connectivity index (χ2n) is 7.43. The van der Waals surface area contributed by atoms with Crippen LogP contribution in [-0.2, 0) is 17.8 Å². The van der Waals surface area contributed by atoms with E-state index in [-0.39, 0.29) is 17.9 Å². The molecule has 2 amide bonds. The smallest absolute Gasteiger partial charge is 0.258 e. The SMILES string of the molecule is CC(C)CC(=O)NCc1ccc2c(c1)N(C(=O)c1ccccc1)[C@H](C)C2. The van der Waals surface area contributed by atoms with E-state index in [1.165, 1.54) is 5.56 Å². The topological polar surface area (TPSA) is 49.4 Å². The number of nitrogens with zero attached hydrogens (tertiary/aromatic N) is 1. The molecule has 136 valence electrons. The molecule has 0 spiro atoms. The Bertz CT molecular complexity index is 799. The van der Waals surface area contributed by atoms with Crippen molar-refractivity contribution in [1.82, 2.24) is 5.32 Å². The number of nitrogens with one attached hydrogen (secondary N) is 1. The predicted octanol–water partition coefficient (Wildman–Crippen LogP) is 3.94. The number of benzene rings is 2. The van der Waals surface area contributed by atoms with E-state index in [9.17, 15) is 9.59 Å². The lowest BCUT2D eigenvalue weighted by Gasteiger charge is -2.23. The van der Waals surface area contributed by atoms with E-state index in [2.05, 4.69) is 18.3 Å². The molecular formula is C22H26N2O2. The Balaban J connectivity index is 1.78. The Kier molecular flexibility index (Phi) is 5.40. The van der Waals surface area contributed by atoms with Gasteiger partial charge in [-0.15, -0.1) is 0 Å². The van der Waals surface area contributed by atoms with Crippen molar-refractivity contribution in [3.63, 3.8) is 0 Å². The number of hydrogen-bond donors (Lipinski definition) is 1. The Labute approximate surface area is 155 Å². The number of amides is 2. The zero-order valence-corrected chi connectivity index (χ0v) is 15.7. The number of fused-ring (bicyclic) bond motifs is 1. The van der Waals surface area contributed by atoms with E-state index < -0.39 is 0 Å². The van der Waals surface area contributed by atoms with E-state index in [0.717, 1.165) is 17.7 Å². The molecule has 1 aliphatic rings. The maximum absolute atomic E-state index is 13.0. The summed E-state index contributed by atoms with van der Waals surface area (Å²) in [7, 11) is 0. The first kappa shape index (κ1) is 18.2. The Morgan fingerprint density at radius 2 is 1.88 bits per heavy atom. The van der Waals surface area contributed by atoms with E-state index in [4.69, 9.17) is 0 Å². The first-order chi connectivity index (χ1) is 12.5. The molecule has 26 heavy (non-hydrogen) atoms. The Hall–Kier alpha value is -2.62. The van der Waals surface area contributed by atoms with Crippen molar-refractivity contribution in [2.75, 3.05) is 4.90 Å². The van der Waals surface area contributed by atoms with Crippen molar-refractivity contribution < 1.29 is 9.59 Å². The second kappa shape index (κ2) is 7.73. The van der Waals surface area contributed by atoms with Crippen molar-refractivity contribution in [2.24, 2.45) is 5.92 Å². The maximum atomic E-state index is 13.0. The first-order valence-electron chi connectivity index (χ1n) is 9.23. The monoisotopic (exact) mass is 350 g/mol. The minimum Gasteiger partial charge on any atom is -0.352 e. The summed E-state index contributed by atoms with van der Waals surface area (Å²) in [5, 5.41) is 2.97. The number of anilines is 1. The molecule has 1 N–H and O–H groups in total. The van der Waals surface area contributed by atoms with E-state index in [0.29, 0.717) is 24.4 Å². The van der Waals surface area contributed by atoms with Crippen LogP contribution in [0.5, 0.6) is 0 Å². The normalized spacial score (nSPS) is 15.8. The van der Waals surface area contributed by atoms with Crippen molar-refractivity contribution >= 4 is 17.5 Å². The molecule has 4 nitrogen and oxygen atoms in total. The zero-order chi connectivity index (χ0) is 18.7. The Morgan fingerprint density at radius 3 is 2.58 bits per heavy atom. The average molecular weight is 350 g/mol. The van der Waals surface area contributed by atoms with Gasteiger partial charge in [-0.1, -0.05) is 44.2 Å². The van der Waals surface area contributed by atoms with Gasteiger partial charge >= 0.3 is 0 Å². The summed E-state index contributed by atoms with van der Waals surface area (Å²) < 4.78 is 0. The van der Waals surface area contributed by atoms with Crippen molar-refractivity contribution in [3.8, 4) is 0 Å². The van der Waals surface area contributed by atoms with Gasteiger partial charge in [0, 0.05) is 30.3 Å². The fourth-order valence-electron chi connectivity index (χ4n) is 3.44. The van der Waals surface area contributed by atoms with Gasteiger partial charge in [0.15, 0.2) is 0 Å². The minimum absolute atomic E-state index is 0.0258.